The highest BCUT2D eigenvalue weighted by Crippen LogP contribution is 2.54. The summed E-state index contributed by atoms with van der Waals surface area (Å²) in [5, 5.41) is 0. The number of hydrogen-bond donors (Lipinski definition) is 0. The van der Waals surface area contributed by atoms with E-state index in [4.69, 9.17) is 23.7 Å². The van der Waals surface area contributed by atoms with E-state index in [2.05, 4.69) is 12.1 Å². The molecule has 0 saturated carbocycles. The molecule has 5 rings (SSSR count). The van der Waals surface area contributed by atoms with Gasteiger partial charge in [0, 0.05) is 18.9 Å². The minimum atomic E-state index is -0.284. The minimum Gasteiger partial charge on any atom is -0.454 e. The third kappa shape index (κ3) is 2.42. The Labute approximate surface area is 146 Å². The Morgan fingerprint density at radius 3 is 2.60 bits per heavy atom. The second kappa shape index (κ2) is 6.02. The molecule has 0 bridgehead atoms. The predicted octanol–water partition coefficient (Wildman–Crippen LogP) is 3.46. The van der Waals surface area contributed by atoms with Crippen LogP contribution < -0.4 is 9.47 Å². The van der Waals surface area contributed by atoms with Crippen LogP contribution in [0.25, 0.3) is 0 Å². The summed E-state index contributed by atoms with van der Waals surface area (Å²) in [6.45, 7) is 0.930. The van der Waals surface area contributed by atoms with Gasteiger partial charge in [-0.15, -0.1) is 0 Å². The molecule has 2 fully saturated rings. The molecule has 0 aromatic heterocycles. The number of fused-ring (bicyclic) bond motifs is 2. The van der Waals surface area contributed by atoms with Crippen molar-refractivity contribution >= 4 is 0 Å². The first kappa shape index (κ1) is 15.2. The summed E-state index contributed by atoms with van der Waals surface area (Å²) in [7, 11) is 1.70. The van der Waals surface area contributed by atoms with Crippen LogP contribution in [0.15, 0.2) is 48.5 Å². The van der Waals surface area contributed by atoms with Crippen molar-refractivity contribution in [3.05, 3.63) is 59.7 Å². The maximum atomic E-state index is 6.25. The number of hydrogen-bond acceptors (Lipinski definition) is 5. The third-order valence-electron chi connectivity index (χ3n) is 5.38. The van der Waals surface area contributed by atoms with Gasteiger partial charge in [0.2, 0.25) is 6.79 Å². The lowest BCUT2D eigenvalue weighted by Gasteiger charge is -2.22. The molecular weight excluding hydrogens is 320 g/mol. The van der Waals surface area contributed by atoms with Gasteiger partial charge >= 0.3 is 0 Å². The van der Waals surface area contributed by atoms with E-state index in [1.165, 1.54) is 5.56 Å². The lowest BCUT2D eigenvalue weighted by molar-refractivity contribution is -0.153. The standard InChI is InChI=1S/C20H20O5/c1-21-20-17-14(18(25-20)12-5-3-2-4-6-12)10-22-19(17)13-7-8-15-16(9-13)24-11-23-15/h2-9,14,17-20H,10-11H2,1H3/t14-,17-,18-,19-,20+/m0/s1. The highest BCUT2D eigenvalue weighted by Gasteiger charge is 2.54. The second-order valence-corrected chi connectivity index (χ2v) is 6.68. The first-order valence-electron chi connectivity index (χ1n) is 8.59. The Morgan fingerprint density at radius 1 is 0.920 bits per heavy atom. The van der Waals surface area contributed by atoms with Crippen molar-refractivity contribution in [1.29, 1.82) is 0 Å². The van der Waals surface area contributed by atoms with E-state index in [-0.39, 0.29) is 37.1 Å². The van der Waals surface area contributed by atoms with Crippen LogP contribution in [0.1, 0.15) is 23.3 Å². The van der Waals surface area contributed by atoms with Gasteiger partial charge in [0.25, 0.3) is 0 Å². The van der Waals surface area contributed by atoms with E-state index in [1.54, 1.807) is 7.11 Å². The van der Waals surface area contributed by atoms with E-state index in [9.17, 15) is 0 Å². The lowest BCUT2D eigenvalue weighted by atomic mass is 9.84. The molecule has 25 heavy (non-hydrogen) atoms. The van der Waals surface area contributed by atoms with Gasteiger partial charge in [-0.2, -0.15) is 0 Å². The van der Waals surface area contributed by atoms with Gasteiger partial charge in [-0.25, -0.2) is 0 Å². The van der Waals surface area contributed by atoms with E-state index in [0.29, 0.717) is 6.61 Å². The molecule has 2 aromatic carbocycles. The largest absolute Gasteiger partial charge is 0.454 e. The fraction of sp³-hybridized carbons (Fsp3) is 0.400. The molecule has 5 heteroatoms. The monoisotopic (exact) mass is 340 g/mol. The van der Waals surface area contributed by atoms with E-state index in [0.717, 1.165) is 17.1 Å². The molecule has 0 unspecified atom stereocenters. The third-order valence-corrected chi connectivity index (χ3v) is 5.38. The maximum absolute atomic E-state index is 6.25. The summed E-state index contributed by atoms with van der Waals surface area (Å²) in [5.41, 5.74) is 2.25. The molecule has 0 radical (unpaired) electrons. The Hall–Kier alpha value is -2.08. The van der Waals surface area contributed by atoms with Crippen molar-refractivity contribution in [2.75, 3.05) is 20.5 Å². The number of rotatable bonds is 3. The van der Waals surface area contributed by atoms with Gasteiger partial charge in [0.05, 0.1) is 18.8 Å². The summed E-state index contributed by atoms with van der Waals surface area (Å²) in [5.74, 6) is 1.97. The van der Waals surface area contributed by atoms with Gasteiger partial charge in [-0.05, 0) is 23.3 Å². The van der Waals surface area contributed by atoms with Gasteiger partial charge in [-0.1, -0.05) is 36.4 Å². The molecule has 5 atom stereocenters. The molecule has 2 saturated heterocycles. The van der Waals surface area contributed by atoms with E-state index in [1.807, 2.05) is 36.4 Å². The quantitative estimate of drug-likeness (QED) is 0.856. The lowest BCUT2D eigenvalue weighted by Crippen LogP contribution is -2.24. The van der Waals surface area contributed by atoms with Crippen LogP contribution in [0.4, 0.5) is 0 Å². The van der Waals surface area contributed by atoms with Crippen LogP contribution in [0.2, 0.25) is 0 Å². The Balaban J connectivity index is 1.46. The number of ether oxygens (including phenoxy) is 5. The predicted molar refractivity (Wildman–Crippen MR) is 89.3 cm³/mol. The molecule has 130 valence electrons. The normalized spacial score (nSPS) is 32.8. The van der Waals surface area contributed by atoms with Crippen LogP contribution in [-0.2, 0) is 14.2 Å². The molecule has 0 aliphatic carbocycles. The van der Waals surface area contributed by atoms with Crippen molar-refractivity contribution < 1.29 is 23.7 Å². The minimum absolute atomic E-state index is 0.00448. The van der Waals surface area contributed by atoms with Crippen LogP contribution in [0, 0.1) is 11.8 Å². The molecule has 3 heterocycles. The van der Waals surface area contributed by atoms with Crippen molar-refractivity contribution in [3.8, 4) is 11.5 Å². The molecule has 0 amide bonds. The molecule has 0 N–H and O–H groups in total. The summed E-state index contributed by atoms with van der Waals surface area (Å²) in [6.07, 6.45) is -0.360. The number of methoxy groups -OCH3 is 1. The van der Waals surface area contributed by atoms with Crippen LogP contribution >= 0.6 is 0 Å². The van der Waals surface area contributed by atoms with Crippen molar-refractivity contribution in [2.24, 2.45) is 11.8 Å². The molecule has 3 aliphatic rings. The zero-order valence-corrected chi connectivity index (χ0v) is 14.0. The van der Waals surface area contributed by atoms with Crippen molar-refractivity contribution in [2.45, 2.75) is 18.5 Å². The zero-order valence-electron chi connectivity index (χ0n) is 14.0. The van der Waals surface area contributed by atoms with Crippen molar-refractivity contribution in [1.82, 2.24) is 0 Å². The summed E-state index contributed by atoms with van der Waals surface area (Å²) < 4.78 is 29.0. The first-order chi connectivity index (χ1) is 12.3. The fourth-order valence-electron chi connectivity index (χ4n) is 4.22. The zero-order chi connectivity index (χ0) is 16.8. The topological polar surface area (TPSA) is 46.2 Å². The van der Waals surface area contributed by atoms with Crippen LogP contribution in [0.3, 0.4) is 0 Å². The molecule has 0 spiro atoms. The SMILES string of the molecule is CO[C@@H]1O[C@@H](c2ccccc2)[C@H]2CO[C@@H](c3ccc4c(c3)OCO4)[C@@H]12. The second-order valence-electron chi connectivity index (χ2n) is 6.68. The summed E-state index contributed by atoms with van der Waals surface area (Å²) in [6, 6.07) is 16.3. The highest BCUT2D eigenvalue weighted by atomic mass is 16.7. The average molecular weight is 340 g/mol. The molecule has 5 nitrogen and oxygen atoms in total. The van der Waals surface area contributed by atoms with E-state index < -0.39 is 0 Å². The van der Waals surface area contributed by atoms with Crippen LogP contribution in [0.5, 0.6) is 11.5 Å². The summed E-state index contributed by atoms with van der Waals surface area (Å²) in [4.78, 5) is 0. The van der Waals surface area contributed by atoms with Crippen LogP contribution in [-0.4, -0.2) is 26.8 Å². The van der Waals surface area contributed by atoms with Crippen molar-refractivity contribution in [3.63, 3.8) is 0 Å². The fourth-order valence-corrected chi connectivity index (χ4v) is 4.22. The van der Waals surface area contributed by atoms with Gasteiger partial charge in [0.15, 0.2) is 17.8 Å². The average Bonchev–Trinajstić information content (AvgIpc) is 3.36. The van der Waals surface area contributed by atoms with E-state index >= 15 is 0 Å². The Morgan fingerprint density at radius 2 is 1.76 bits per heavy atom. The van der Waals surface area contributed by atoms with Gasteiger partial charge in [-0.3, -0.25) is 0 Å². The molecule has 3 aliphatic heterocycles. The smallest absolute Gasteiger partial charge is 0.231 e. The van der Waals surface area contributed by atoms with Gasteiger partial charge < -0.3 is 23.7 Å². The highest BCUT2D eigenvalue weighted by molar-refractivity contribution is 5.45. The number of benzene rings is 2. The molecular formula is C20H20O5. The maximum Gasteiger partial charge on any atom is 0.231 e. The van der Waals surface area contributed by atoms with Gasteiger partial charge in [0.1, 0.15) is 0 Å². The Bertz CT molecular complexity index is 762. The summed E-state index contributed by atoms with van der Waals surface area (Å²) >= 11 is 0. The first-order valence-corrected chi connectivity index (χ1v) is 8.59. The Kier molecular flexibility index (Phi) is 3.66. The molecule has 2 aromatic rings.